The van der Waals surface area contributed by atoms with E-state index >= 15 is 0 Å². The van der Waals surface area contributed by atoms with Gasteiger partial charge in [-0.05, 0) is 45.4 Å². The average Bonchev–Trinajstić information content (AvgIpc) is 3.06. The second-order valence-electron chi connectivity index (χ2n) is 10.4. The minimum absolute atomic E-state index is 0.0554. The third-order valence-corrected chi connectivity index (χ3v) is 8.18. The minimum atomic E-state index is -1.07. The van der Waals surface area contributed by atoms with E-state index in [1.54, 1.807) is 0 Å². The number of hydrogen-bond acceptors (Lipinski definition) is 6. The van der Waals surface area contributed by atoms with Gasteiger partial charge in [0.25, 0.3) is 0 Å². The van der Waals surface area contributed by atoms with Crippen LogP contribution in [-0.4, -0.2) is 83.4 Å². The Morgan fingerprint density at radius 2 is 1.94 bits per heavy atom. The summed E-state index contributed by atoms with van der Waals surface area (Å²) in [7, 11) is 0. The molecule has 6 fully saturated rings. The molecule has 6 unspecified atom stereocenters. The summed E-state index contributed by atoms with van der Waals surface area (Å²) < 4.78 is 19.3. The Kier molecular flexibility index (Phi) is 5.70. The fourth-order valence-corrected chi connectivity index (χ4v) is 6.55. The molecule has 6 aliphatic rings. The lowest BCUT2D eigenvalue weighted by atomic mass is 9.44. The number of piperazine rings is 1. The largest absolute Gasteiger partial charge is 0.368 e. The maximum atomic E-state index is 13.7. The van der Waals surface area contributed by atoms with Gasteiger partial charge in [-0.15, -0.1) is 11.6 Å². The van der Waals surface area contributed by atoms with Crippen LogP contribution in [0, 0.1) is 0 Å². The van der Waals surface area contributed by atoms with E-state index < -0.39 is 11.5 Å². The van der Waals surface area contributed by atoms with Crippen LogP contribution >= 0.6 is 11.6 Å². The molecule has 6 atom stereocenters. The van der Waals surface area contributed by atoms with Crippen molar-refractivity contribution in [3.8, 4) is 0 Å². The number of alkyl halides is 2. The molecule has 6 rings (SSSR count). The number of halogens is 2. The number of hydrazine groups is 1. The van der Waals surface area contributed by atoms with Gasteiger partial charge in [-0.25, -0.2) is 9.40 Å². The topological polar surface area (TPSA) is 94.7 Å². The van der Waals surface area contributed by atoms with E-state index in [1.807, 2.05) is 0 Å². The molecule has 2 bridgehead atoms. The molecule has 8 nitrogen and oxygen atoms in total. The van der Waals surface area contributed by atoms with Gasteiger partial charge in [-0.2, -0.15) is 0 Å². The lowest BCUT2D eigenvalue weighted by molar-refractivity contribution is -0.155. The first-order chi connectivity index (χ1) is 14.8. The zero-order chi connectivity index (χ0) is 21.8. The Labute approximate surface area is 187 Å². The van der Waals surface area contributed by atoms with Crippen LogP contribution in [0.3, 0.4) is 0 Å². The van der Waals surface area contributed by atoms with Gasteiger partial charge in [0.05, 0.1) is 17.5 Å². The maximum absolute atomic E-state index is 13.7. The molecule has 2 amide bonds. The third kappa shape index (κ3) is 4.19. The van der Waals surface area contributed by atoms with E-state index in [4.69, 9.17) is 16.3 Å². The van der Waals surface area contributed by atoms with Gasteiger partial charge < -0.3 is 20.7 Å². The van der Waals surface area contributed by atoms with E-state index in [2.05, 4.69) is 33.3 Å². The molecule has 4 N–H and O–H groups in total. The van der Waals surface area contributed by atoms with Crippen LogP contribution < -0.4 is 21.4 Å². The van der Waals surface area contributed by atoms with Crippen molar-refractivity contribution < 1.29 is 18.7 Å². The van der Waals surface area contributed by atoms with Gasteiger partial charge in [0.15, 0.2) is 0 Å². The first kappa shape index (κ1) is 21.8. The van der Waals surface area contributed by atoms with Crippen molar-refractivity contribution in [2.75, 3.05) is 19.7 Å². The summed E-state index contributed by atoms with van der Waals surface area (Å²) in [6, 6.07) is 0.359. The second-order valence-corrected chi connectivity index (χ2v) is 10.9. The van der Waals surface area contributed by atoms with Crippen LogP contribution in [0.15, 0.2) is 0 Å². The molecular weight excluding hydrogens is 425 g/mol. The quantitative estimate of drug-likeness (QED) is 0.430. The highest BCUT2D eigenvalue weighted by atomic mass is 35.5. The van der Waals surface area contributed by atoms with Crippen LogP contribution in [0.25, 0.3) is 0 Å². The lowest BCUT2D eigenvalue weighted by Gasteiger charge is -2.70. The molecule has 174 valence electrons. The summed E-state index contributed by atoms with van der Waals surface area (Å²) in [5, 5.41) is 11.5. The van der Waals surface area contributed by atoms with Crippen LogP contribution in [-0.2, 0) is 14.3 Å². The monoisotopic (exact) mass is 457 g/mol. The first-order valence-electron chi connectivity index (χ1n) is 11.6. The van der Waals surface area contributed by atoms with E-state index in [1.165, 1.54) is 0 Å². The van der Waals surface area contributed by atoms with Crippen molar-refractivity contribution in [3.05, 3.63) is 0 Å². The Bertz CT molecular complexity index is 722. The van der Waals surface area contributed by atoms with Crippen LogP contribution in [0.2, 0.25) is 0 Å². The highest BCUT2D eigenvalue weighted by molar-refractivity contribution is 6.21. The smallest absolute Gasteiger partial charge is 0.246 e. The molecule has 0 aromatic heterocycles. The molecule has 2 aliphatic heterocycles. The fourth-order valence-electron chi connectivity index (χ4n) is 6.32. The molecule has 0 aromatic rings. The Balaban J connectivity index is 1.05. The number of ether oxygens (including phenoxy) is 1. The summed E-state index contributed by atoms with van der Waals surface area (Å²) >= 11 is 5.90. The van der Waals surface area contributed by atoms with Crippen LogP contribution in [0.1, 0.15) is 51.9 Å². The first-order valence-corrected chi connectivity index (χ1v) is 12.0. The number of nitrogens with one attached hydrogen (secondary N) is 4. The SMILES string of the molecule is CC1CC2C(C(=O)NC34CC(NC(=O)COC5CCC(Cl)C(F)C5)(C3)C4)NCCN2N1. The zero-order valence-corrected chi connectivity index (χ0v) is 18.7. The Morgan fingerprint density at radius 3 is 2.68 bits per heavy atom. The van der Waals surface area contributed by atoms with Gasteiger partial charge in [0, 0.05) is 36.6 Å². The summed E-state index contributed by atoms with van der Waals surface area (Å²) in [6.45, 7) is 3.78. The molecule has 2 saturated heterocycles. The van der Waals surface area contributed by atoms with Crippen molar-refractivity contribution in [1.82, 2.24) is 26.4 Å². The van der Waals surface area contributed by atoms with Crippen molar-refractivity contribution in [2.45, 2.75) is 98.7 Å². The van der Waals surface area contributed by atoms with E-state index in [-0.39, 0.29) is 54.1 Å². The van der Waals surface area contributed by atoms with Gasteiger partial charge in [-0.3, -0.25) is 15.0 Å². The van der Waals surface area contributed by atoms with Crippen molar-refractivity contribution in [3.63, 3.8) is 0 Å². The molecule has 0 aromatic carbocycles. The summed E-state index contributed by atoms with van der Waals surface area (Å²) in [5.41, 5.74) is 3.03. The predicted octanol–water partition coefficient (Wildman–Crippen LogP) is 0.348. The molecule has 2 heterocycles. The molecule has 4 saturated carbocycles. The Hall–Kier alpha value is -1.00. The molecule has 10 heteroatoms. The number of rotatable bonds is 6. The lowest BCUT2D eigenvalue weighted by Crippen LogP contribution is -2.84. The van der Waals surface area contributed by atoms with Gasteiger partial charge in [0.2, 0.25) is 11.8 Å². The highest BCUT2D eigenvalue weighted by Crippen LogP contribution is 2.60. The summed E-state index contributed by atoms with van der Waals surface area (Å²) in [5.74, 6) is -0.108. The molecule has 0 spiro atoms. The Morgan fingerprint density at radius 1 is 1.19 bits per heavy atom. The normalized spacial score (nSPS) is 46.4. The molecule has 31 heavy (non-hydrogen) atoms. The van der Waals surface area contributed by atoms with Crippen molar-refractivity contribution in [1.29, 1.82) is 0 Å². The number of carbonyl (C=O) groups is 2. The standard InChI is InChI=1S/C21H33ClFN5O3/c1-12-6-16-18(24-4-5-28(16)27-12)19(30)26-21-9-20(10-21,11-21)25-17(29)8-31-13-2-3-14(22)15(23)7-13/h12-16,18,24,27H,2-11H2,1H3,(H,25,29)(H,26,30). The average molecular weight is 458 g/mol. The van der Waals surface area contributed by atoms with E-state index in [0.29, 0.717) is 18.9 Å². The highest BCUT2D eigenvalue weighted by Gasteiger charge is 2.69. The van der Waals surface area contributed by atoms with Gasteiger partial charge >= 0.3 is 0 Å². The van der Waals surface area contributed by atoms with Crippen molar-refractivity contribution >= 4 is 23.4 Å². The number of amides is 2. The van der Waals surface area contributed by atoms with Crippen molar-refractivity contribution in [2.24, 2.45) is 0 Å². The number of fused-ring (bicyclic) bond motifs is 1. The number of hydrogen-bond donors (Lipinski definition) is 4. The summed E-state index contributed by atoms with van der Waals surface area (Å²) in [4.78, 5) is 25.3. The fraction of sp³-hybridized carbons (Fsp3) is 0.905. The second kappa shape index (κ2) is 8.09. The zero-order valence-electron chi connectivity index (χ0n) is 18.0. The van der Waals surface area contributed by atoms with Crippen LogP contribution in [0.5, 0.6) is 0 Å². The number of carbonyl (C=O) groups excluding carboxylic acids is 2. The predicted molar refractivity (Wildman–Crippen MR) is 113 cm³/mol. The van der Waals surface area contributed by atoms with Crippen LogP contribution in [0.4, 0.5) is 4.39 Å². The molecule has 0 radical (unpaired) electrons. The maximum Gasteiger partial charge on any atom is 0.246 e. The van der Waals surface area contributed by atoms with E-state index in [9.17, 15) is 14.0 Å². The van der Waals surface area contributed by atoms with E-state index in [0.717, 1.165) is 38.8 Å². The molecule has 4 aliphatic carbocycles. The van der Waals surface area contributed by atoms with Gasteiger partial charge in [0.1, 0.15) is 18.8 Å². The molecular formula is C21H33ClFN5O3. The third-order valence-electron chi connectivity index (χ3n) is 7.68. The minimum Gasteiger partial charge on any atom is -0.368 e. The van der Waals surface area contributed by atoms with Gasteiger partial charge in [-0.1, -0.05) is 0 Å². The summed E-state index contributed by atoms with van der Waals surface area (Å²) in [6.07, 6.45) is 3.43. The number of nitrogens with zero attached hydrogens (tertiary/aromatic N) is 1.